The summed E-state index contributed by atoms with van der Waals surface area (Å²) in [6.07, 6.45) is -1.38. The Bertz CT molecular complexity index is 662. The quantitative estimate of drug-likeness (QED) is 0.766. The van der Waals surface area contributed by atoms with E-state index in [1.165, 1.54) is 0 Å². The predicted octanol–water partition coefficient (Wildman–Crippen LogP) is 3.85. The van der Waals surface area contributed by atoms with Crippen LogP contribution in [-0.2, 0) is 0 Å². The second-order valence-corrected chi connectivity index (χ2v) is 5.30. The van der Waals surface area contributed by atoms with Gasteiger partial charge in [0, 0.05) is 0 Å². The third kappa shape index (κ3) is 3.08. The fourth-order valence-corrected chi connectivity index (χ4v) is 2.55. The predicted molar refractivity (Wildman–Crippen MR) is 87.4 cm³/mol. The zero-order valence-electron chi connectivity index (χ0n) is 12.1. The maximum Gasteiger partial charge on any atom is 0.104 e. The molecule has 0 saturated carbocycles. The van der Waals surface area contributed by atoms with Gasteiger partial charge < -0.3 is 10.2 Å². The highest BCUT2D eigenvalue weighted by Gasteiger charge is 2.14. The molecular formula is C20H18O2. The molecule has 2 unspecified atom stereocenters. The van der Waals surface area contributed by atoms with E-state index in [4.69, 9.17) is 0 Å². The van der Waals surface area contributed by atoms with Crippen LogP contribution in [-0.4, -0.2) is 10.2 Å². The standard InChI is InChI=1S/C20H18O2/c21-19(15-8-3-1-4-9-15)17-12-7-13-18(14-17)20(22)16-10-5-2-6-11-16/h1-14,19-22H. The van der Waals surface area contributed by atoms with Crippen LogP contribution in [0, 0.1) is 0 Å². The van der Waals surface area contributed by atoms with E-state index >= 15 is 0 Å². The summed E-state index contributed by atoms with van der Waals surface area (Å²) in [7, 11) is 0. The summed E-state index contributed by atoms with van der Waals surface area (Å²) in [6, 6.07) is 26.5. The molecule has 0 fully saturated rings. The van der Waals surface area contributed by atoms with Gasteiger partial charge in [0.15, 0.2) is 0 Å². The van der Waals surface area contributed by atoms with Crippen LogP contribution in [0.1, 0.15) is 34.5 Å². The maximum absolute atomic E-state index is 10.5. The molecule has 0 aliphatic heterocycles. The first-order chi connectivity index (χ1) is 10.8. The third-order valence-electron chi connectivity index (χ3n) is 3.77. The SMILES string of the molecule is OC(c1ccccc1)c1cccc(C(O)c2ccccc2)c1. The summed E-state index contributed by atoms with van der Waals surface area (Å²) in [5, 5.41) is 21.0. The molecule has 0 aliphatic rings. The normalized spacial score (nSPS) is 13.5. The van der Waals surface area contributed by atoms with E-state index in [-0.39, 0.29) is 0 Å². The minimum Gasteiger partial charge on any atom is -0.384 e. The van der Waals surface area contributed by atoms with Crippen LogP contribution >= 0.6 is 0 Å². The Hall–Kier alpha value is -2.42. The molecule has 0 bridgehead atoms. The lowest BCUT2D eigenvalue weighted by Crippen LogP contribution is -2.03. The Morgan fingerprint density at radius 2 is 0.818 bits per heavy atom. The van der Waals surface area contributed by atoms with Crippen LogP contribution in [0.3, 0.4) is 0 Å². The Labute approximate surface area is 130 Å². The van der Waals surface area contributed by atoms with Crippen LogP contribution in [0.5, 0.6) is 0 Å². The zero-order valence-corrected chi connectivity index (χ0v) is 12.1. The highest BCUT2D eigenvalue weighted by Crippen LogP contribution is 2.27. The highest BCUT2D eigenvalue weighted by molar-refractivity contribution is 5.36. The van der Waals surface area contributed by atoms with E-state index in [2.05, 4.69) is 0 Å². The Morgan fingerprint density at radius 3 is 1.23 bits per heavy atom. The molecule has 0 spiro atoms. The van der Waals surface area contributed by atoms with E-state index in [1.54, 1.807) is 0 Å². The average Bonchev–Trinajstić information content (AvgIpc) is 2.62. The van der Waals surface area contributed by atoms with E-state index in [1.807, 2.05) is 84.9 Å². The van der Waals surface area contributed by atoms with Crippen LogP contribution < -0.4 is 0 Å². The molecule has 22 heavy (non-hydrogen) atoms. The van der Waals surface area contributed by atoms with Gasteiger partial charge in [0.1, 0.15) is 12.2 Å². The fraction of sp³-hybridized carbons (Fsp3) is 0.100. The highest BCUT2D eigenvalue weighted by atomic mass is 16.3. The van der Waals surface area contributed by atoms with Gasteiger partial charge in [0.25, 0.3) is 0 Å². The molecule has 0 aliphatic carbocycles. The van der Waals surface area contributed by atoms with Crippen molar-refractivity contribution in [2.75, 3.05) is 0 Å². The van der Waals surface area contributed by atoms with Crippen molar-refractivity contribution in [3.8, 4) is 0 Å². The van der Waals surface area contributed by atoms with Gasteiger partial charge in [-0.25, -0.2) is 0 Å². The second kappa shape index (κ2) is 6.56. The van der Waals surface area contributed by atoms with Crippen molar-refractivity contribution >= 4 is 0 Å². The van der Waals surface area contributed by atoms with Gasteiger partial charge in [-0.2, -0.15) is 0 Å². The molecule has 3 aromatic carbocycles. The maximum atomic E-state index is 10.5. The number of benzene rings is 3. The topological polar surface area (TPSA) is 40.5 Å². The van der Waals surface area contributed by atoms with Gasteiger partial charge in [-0.1, -0.05) is 78.9 Å². The van der Waals surface area contributed by atoms with Crippen molar-refractivity contribution in [2.24, 2.45) is 0 Å². The van der Waals surface area contributed by atoms with Crippen molar-refractivity contribution in [1.29, 1.82) is 0 Å². The summed E-state index contributed by atoms with van der Waals surface area (Å²) in [5.74, 6) is 0. The summed E-state index contributed by atoms with van der Waals surface area (Å²) >= 11 is 0. The summed E-state index contributed by atoms with van der Waals surface area (Å²) in [4.78, 5) is 0. The monoisotopic (exact) mass is 290 g/mol. The van der Waals surface area contributed by atoms with Crippen LogP contribution in [0.25, 0.3) is 0 Å². The molecule has 3 rings (SSSR count). The molecule has 0 amide bonds. The van der Waals surface area contributed by atoms with Crippen LogP contribution in [0.4, 0.5) is 0 Å². The lowest BCUT2D eigenvalue weighted by Gasteiger charge is -2.16. The molecule has 2 nitrogen and oxygen atoms in total. The largest absolute Gasteiger partial charge is 0.384 e. The van der Waals surface area contributed by atoms with Gasteiger partial charge >= 0.3 is 0 Å². The van der Waals surface area contributed by atoms with E-state index in [0.717, 1.165) is 22.3 Å². The first-order valence-corrected chi connectivity index (χ1v) is 7.31. The number of aliphatic hydroxyl groups is 2. The van der Waals surface area contributed by atoms with E-state index in [0.29, 0.717) is 0 Å². The number of hydrogen-bond acceptors (Lipinski definition) is 2. The zero-order chi connectivity index (χ0) is 15.4. The van der Waals surface area contributed by atoms with Crippen molar-refractivity contribution in [2.45, 2.75) is 12.2 Å². The van der Waals surface area contributed by atoms with Crippen LogP contribution in [0.15, 0.2) is 84.9 Å². The minimum absolute atomic E-state index is 0.691. The second-order valence-electron chi connectivity index (χ2n) is 5.30. The average molecular weight is 290 g/mol. The van der Waals surface area contributed by atoms with Crippen molar-refractivity contribution in [3.05, 3.63) is 107 Å². The summed E-state index contributed by atoms with van der Waals surface area (Å²) < 4.78 is 0. The smallest absolute Gasteiger partial charge is 0.104 e. The van der Waals surface area contributed by atoms with Crippen molar-refractivity contribution < 1.29 is 10.2 Å². The molecule has 0 aromatic heterocycles. The van der Waals surface area contributed by atoms with E-state index in [9.17, 15) is 10.2 Å². The molecule has 2 atom stereocenters. The summed E-state index contributed by atoms with van der Waals surface area (Å²) in [6.45, 7) is 0. The van der Waals surface area contributed by atoms with Gasteiger partial charge in [-0.3, -0.25) is 0 Å². The van der Waals surface area contributed by atoms with Crippen molar-refractivity contribution in [1.82, 2.24) is 0 Å². The molecule has 0 heterocycles. The number of hydrogen-bond donors (Lipinski definition) is 2. The molecule has 2 heteroatoms. The summed E-state index contributed by atoms with van der Waals surface area (Å²) in [5.41, 5.74) is 3.24. The lowest BCUT2D eigenvalue weighted by molar-refractivity contribution is 0.213. The first-order valence-electron chi connectivity index (χ1n) is 7.31. The minimum atomic E-state index is -0.691. The Balaban J connectivity index is 1.90. The Kier molecular flexibility index (Phi) is 4.33. The van der Waals surface area contributed by atoms with Gasteiger partial charge in [0.05, 0.1) is 0 Å². The van der Waals surface area contributed by atoms with Gasteiger partial charge in [-0.15, -0.1) is 0 Å². The van der Waals surface area contributed by atoms with Gasteiger partial charge in [0.2, 0.25) is 0 Å². The van der Waals surface area contributed by atoms with Crippen LogP contribution in [0.2, 0.25) is 0 Å². The molecule has 0 saturated heterocycles. The fourth-order valence-electron chi connectivity index (χ4n) is 2.55. The molecule has 0 radical (unpaired) electrons. The number of aliphatic hydroxyl groups excluding tert-OH is 2. The third-order valence-corrected chi connectivity index (χ3v) is 3.77. The molecular weight excluding hydrogens is 272 g/mol. The molecule has 2 N–H and O–H groups in total. The van der Waals surface area contributed by atoms with Gasteiger partial charge in [-0.05, 0) is 28.3 Å². The molecule has 3 aromatic rings. The van der Waals surface area contributed by atoms with Crippen molar-refractivity contribution in [3.63, 3.8) is 0 Å². The Morgan fingerprint density at radius 1 is 0.455 bits per heavy atom. The number of rotatable bonds is 4. The van der Waals surface area contributed by atoms with E-state index < -0.39 is 12.2 Å². The lowest BCUT2D eigenvalue weighted by atomic mass is 9.96. The molecule has 110 valence electrons. The first kappa shape index (κ1) is 14.5.